The highest BCUT2D eigenvalue weighted by atomic mass is 16.5. The minimum absolute atomic E-state index is 0.418. The second-order valence-electron chi connectivity index (χ2n) is 2.69. The van der Waals surface area contributed by atoms with E-state index in [1.54, 1.807) is 7.11 Å². The van der Waals surface area contributed by atoms with Crippen LogP contribution in [0.15, 0.2) is 12.2 Å². The fraction of sp³-hybridized carbons (Fsp3) is 0.750. The maximum atomic E-state index is 4.94. The van der Waals surface area contributed by atoms with E-state index in [-0.39, 0.29) is 0 Å². The molecule has 0 aromatic rings. The van der Waals surface area contributed by atoms with Gasteiger partial charge < -0.3 is 10.1 Å². The molecule has 0 fully saturated rings. The summed E-state index contributed by atoms with van der Waals surface area (Å²) in [5.74, 6) is 0. The van der Waals surface area contributed by atoms with E-state index in [0.717, 1.165) is 18.7 Å². The van der Waals surface area contributed by atoms with Crippen LogP contribution in [-0.4, -0.2) is 26.3 Å². The van der Waals surface area contributed by atoms with E-state index >= 15 is 0 Å². The van der Waals surface area contributed by atoms with Gasteiger partial charge in [-0.3, -0.25) is 0 Å². The van der Waals surface area contributed by atoms with Crippen molar-refractivity contribution in [3.8, 4) is 0 Å². The molecule has 0 spiro atoms. The molecule has 0 saturated heterocycles. The molecule has 1 unspecified atom stereocenters. The largest absolute Gasteiger partial charge is 0.383 e. The normalized spacial score (nSPS) is 13.1. The summed E-state index contributed by atoms with van der Waals surface area (Å²) in [6.45, 7) is 9.52. The minimum atomic E-state index is 0.418. The van der Waals surface area contributed by atoms with Gasteiger partial charge in [0.05, 0.1) is 6.61 Å². The molecule has 60 valence electrons. The molecular weight excluding hydrogens is 126 g/mol. The summed E-state index contributed by atoms with van der Waals surface area (Å²) in [4.78, 5) is 0. The topological polar surface area (TPSA) is 21.3 Å². The van der Waals surface area contributed by atoms with E-state index in [1.165, 1.54) is 0 Å². The lowest BCUT2D eigenvalue weighted by Gasteiger charge is -2.11. The molecular formula is C8H17NO. The van der Waals surface area contributed by atoms with Crippen LogP contribution in [0.4, 0.5) is 0 Å². The van der Waals surface area contributed by atoms with Crippen LogP contribution in [0.5, 0.6) is 0 Å². The molecule has 0 aliphatic heterocycles. The van der Waals surface area contributed by atoms with Gasteiger partial charge in [-0.2, -0.15) is 0 Å². The van der Waals surface area contributed by atoms with Crippen LogP contribution in [0, 0.1) is 0 Å². The lowest BCUT2D eigenvalue weighted by molar-refractivity contribution is 0.173. The first-order valence-corrected chi connectivity index (χ1v) is 3.53. The highest BCUT2D eigenvalue weighted by Crippen LogP contribution is 1.86. The SMILES string of the molecule is C=C(C)CNC(C)COC. The zero-order chi connectivity index (χ0) is 7.98. The molecule has 0 heterocycles. The van der Waals surface area contributed by atoms with Crippen LogP contribution in [-0.2, 0) is 4.74 Å². The average Bonchev–Trinajstić information content (AvgIpc) is 1.85. The monoisotopic (exact) mass is 143 g/mol. The van der Waals surface area contributed by atoms with E-state index in [2.05, 4.69) is 18.8 Å². The predicted octanol–water partition coefficient (Wildman–Crippen LogP) is 1.19. The van der Waals surface area contributed by atoms with E-state index in [9.17, 15) is 0 Å². The smallest absolute Gasteiger partial charge is 0.0613 e. The molecule has 0 aromatic heterocycles. The Labute approximate surface area is 63.3 Å². The van der Waals surface area contributed by atoms with Gasteiger partial charge in [0.1, 0.15) is 0 Å². The van der Waals surface area contributed by atoms with Gasteiger partial charge in [-0.05, 0) is 13.8 Å². The van der Waals surface area contributed by atoms with E-state index in [1.807, 2.05) is 6.92 Å². The highest BCUT2D eigenvalue weighted by molar-refractivity contribution is 4.91. The van der Waals surface area contributed by atoms with Crippen molar-refractivity contribution in [2.45, 2.75) is 19.9 Å². The zero-order valence-electron chi connectivity index (χ0n) is 7.11. The minimum Gasteiger partial charge on any atom is -0.383 e. The van der Waals surface area contributed by atoms with Crippen LogP contribution >= 0.6 is 0 Å². The Morgan fingerprint density at radius 3 is 2.70 bits per heavy atom. The third-order valence-corrected chi connectivity index (χ3v) is 1.17. The van der Waals surface area contributed by atoms with Crippen molar-refractivity contribution in [3.63, 3.8) is 0 Å². The van der Waals surface area contributed by atoms with Gasteiger partial charge in [0.15, 0.2) is 0 Å². The summed E-state index contributed by atoms with van der Waals surface area (Å²) in [5.41, 5.74) is 1.16. The Morgan fingerprint density at radius 1 is 1.70 bits per heavy atom. The van der Waals surface area contributed by atoms with Gasteiger partial charge in [-0.25, -0.2) is 0 Å². The summed E-state index contributed by atoms with van der Waals surface area (Å²) < 4.78 is 4.94. The fourth-order valence-electron chi connectivity index (χ4n) is 0.657. The first-order valence-electron chi connectivity index (χ1n) is 3.53. The maximum Gasteiger partial charge on any atom is 0.0613 e. The van der Waals surface area contributed by atoms with Crippen LogP contribution < -0.4 is 5.32 Å². The van der Waals surface area contributed by atoms with Crippen molar-refractivity contribution < 1.29 is 4.74 Å². The fourth-order valence-corrected chi connectivity index (χ4v) is 0.657. The summed E-state index contributed by atoms with van der Waals surface area (Å²) in [7, 11) is 1.71. The lowest BCUT2D eigenvalue weighted by atomic mass is 10.3. The molecule has 2 nitrogen and oxygen atoms in total. The highest BCUT2D eigenvalue weighted by Gasteiger charge is 1.97. The number of methoxy groups -OCH3 is 1. The Kier molecular flexibility index (Phi) is 5.26. The Hall–Kier alpha value is -0.340. The molecule has 0 rings (SSSR count). The molecule has 0 amide bonds. The third kappa shape index (κ3) is 5.79. The van der Waals surface area contributed by atoms with Crippen molar-refractivity contribution in [2.75, 3.05) is 20.3 Å². The number of ether oxygens (including phenoxy) is 1. The average molecular weight is 143 g/mol. The van der Waals surface area contributed by atoms with Crippen LogP contribution in [0.25, 0.3) is 0 Å². The molecule has 10 heavy (non-hydrogen) atoms. The predicted molar refractivity (Wildman–Crippen MR) is 44.2 cm³/mol. The first-order chi connectivity index (χ1) is 4.66. The number of rotatable bonds is 5. The van der Waals surface area contributed by atoms with Crippen LogP contribution in [0.2, 0.25) is 0 Å². The first kappa shape index (κ1) is 9.66. The Bertz CT molecular complexity index is 101. The van der Waals surface area contributed by atoms with Gasteiger partial charge in [0.2, 0.25) is 0 Å². The molecule has 0 aromatic carbocycles. The van der Waals surface area contributed by atoms with Crippen molar-refractivity contribution in [1.82, 2.24) is 5.32 Å². The Balaban J connectivity index is 3.21. The van der Waals surface area contributed by atoms with Crippen molar-refractivity contribution in [3.05, 3.63) is 12.2 Å². The van der Waals surface area contributed by atoms with Gasteiger partial charge in [0, 0.05) is 19.7 Å². The maximum absolute atomic E-state index is 4.94. The standard InChI is InChI=1S/C8H17NO/c1-7(2)5-9-8(3)6-10-4/h8-9H,1,5-6H2,2-4H3. The summed E-state index contributed by atoms with van der Waals surface area (Å²) >= 11 is 0. The molecule has 2 heteroatoms. The zero-order valence-corrected chi connectivity index (χ0v) is 7.11. The lowest BCUT2D eigenvalue weighted by Crippen LogP contribution is -2.31. The second-order valence-corrected chi connectivity index (χ2v) is 2.69. The van der Waals surface area contributed by atoms with Gasteiger partial charge in [-0.1, -0.05) is 12.2 Å². The number of hydrogen-bond donors (Lipinski definition) is 1. The van der Waals surface area contributed by atoms with E-state index in [0.29, 0.717) is 6.04 Å². The van der Waals surface area contributed by atoms with Gasteiger partial charge in [0.25, 0.3) is 0 Å². The van der Waals surface area contributed by atoms with Gasteiger partial charge in [-0.15, -0.1) is 0 Å². The molecule has 0 saturated carbocycles. The van der Waals surface area contributed by atoms with Crippen molar-refractivity contribution in [1.29, 1.82) is 0 Å². The number of hydrogen-bond acceptors (Lipinski definition) is 2. The molecule has 1 atom stereocenters. The molecule has 0 aliphatic carbocycles. The molecule has 0 bridgehead atoms. The van der Waals surface area contributed by atoms with Crippen molar-refractivity contribution >= 4 is 0 Å². The molecule has 0 aliphatic rings. The summed E-state index contributed by atoms with van der Waals surface area (Å²) in [5, 5.41) is 3.26. The Morgan fingerprint density at radius 2 is 2.30 bits per heavy atom. The van der Waals surface area contributed by atoms with E-state index in [4.69, 9.17) is 4.74 Å². The van der Waals surface area contributed by atoms with Crippen LogP contribution in [0.1, 0.15) is 13.8 Å². The van der Waals surface area contributed by atoms with E-state index < -0.39 is 0 Å². The van der Waals surface area contributed by atoms with Crippen LogP contribution in [0.3, 0.4) is 0 Å². The van der Waals surface area contributed by atoms with Crippen molar-refractivity contribution in [2.24, 2.45) is 0 Å². The summed E-state index contributed by atoms with van der Waals surface area (Å²) in [6, 6.07) is 0.418. The molecule has 1 N–H and O–H groups in total. The number of nitrogens with one attached hydrogen (secondary N) is 1. The molecule has 0 radical (unpaired) electrons. The van der Waals surface area contributed by atoms with Gasteiger partial charge >= 0.3 is 0 Å². The second kappa shape index (κ2) is 5.45. The summed E-state index contributed by atoms with van der Waals surface area (Å²) in [6.07, 6.45) is 0. The third-order valence-electron chi connectivity index (χ3n) is 1.17. The quantitative estimate of drug-likeness (QED) is 0.584.